The Bertz CT molecular complexity index is 1160. The fourth-order valence-electron chi connectivity index (χ4n) is 3.72. The number of nitrogens with zero attached hydrogens (tertiary/aromatic N) is 2. The highest BCUT2D eigenvalue weighted by Crippen LogP contribution is 2.38. The Balaban J connectivity index is 1.83. The van der Waals surface area contributed by atoms with Gasteiger partial charge < -0.3 is 19.3 Å². The SMILES string of the molecule is CCN(CC)C(=O)c1ccc(Oc2c(F)c(F)c(Oc3ccc(C(=O)N(CC)CC)cc3)c(F)c2F)cc1. The second-order valence-corrected chi connectivity index (χ2v) is 8.12. The third kappa shape index (κ3) is 5.90. The summed E-state index contributed by atoms with van der Waals surface area (Å²) in [4.78, 5) is 28.0. The van der Waals surface area contributed by atoms with Crippen molar-refractivity contribution < 1.29 is 36.6 Å². The Morgan fingerprint density at radius 1 is 0.553 bits per heavy atom. The molecular weight excluding hydrogens is 504 g/mol. The van der Waals surface area contributed by atoms with Gasteiger partial charge in [0.15, 0.2) is 0 Å². The van der Waals surface area contributed by atoms with Gasteiger partial charge in [-0.1, -0.05) is 0 Å². The molecule has 2 amide bonds. The van der Waals surface area contributed by atoms with Crippen LogP contribution in [0, 0.1) is 23.3 Å². The number of halogens is 4. The van der Waals surface area contributed by atoms with Crippen LogP contribution in [-0.4, -0.2) is 47.8 Å². The van der Waals surface area contributed by atoms with Crippen molar-refractivity contribution in [3.8, 4) is 23.0 Å². The Labute approximate surface area is 218 Å². The smallest absolute Gasteiger partial charge is 0.253 e. The monoisotopic (exact) mass is 532 g/mol. The summed E-state index contributed by atoms with van der Waals surface area (Å²) in [7, 11) is 0. The quantitative estimate of drug-likeness (QED) is 0.213. The molecule has 3 rings (SSSR count). The minimum atomic E-state index is -1.80. The van der Waals surface area contributed by atoms with E-state index in [0.717, 1.165) is 0 Å². The van der Waals surface area contributed by atoms with Crippen LogP contribution < -0.4 is 9.47 Å². The Morgan fingerprint density at radius 2 is 0.816 bits per heavy atom. The van der Waals surface area contributed by atoms with Crippen molar-refractivity contribution >= 4 is 11.8 Å². The lowest BCUT2D eigenvalue weighted by Gasteiger charge is -2.19. The van der Waals surface area contributed by atoms with Crippen LogP contribution in [0.3, 0.4) is 0 Å². The fourth-order valence-corrected chi connectivity index (χ4v) is 3.72. The lowest BCUT2D eigenvalue weighted by atomic mass is 10.2. The van der Waals surface area contributed by atoms with Crippen molar-refractivity contribution in [1.82, 2.24) is 9.80 Å². The van der Waals surface area contributed by atoms with Gasteiger partial charge in [0.25, 0.3) is 11.8 Å². The van der Waals surface area contributed by atoms with E-state index in [1.807, 2.05) is 27.7 Å². The third-order valence-electron chi connectivity index (χ3n) is 5.93. The lowest BCUT2D eigenvalue weighted by molar-refractivity contribution is 0.0765. The van der Waals surface area contributed by atoms with Crippen LogP contribution in [0.4, 0.5) is 17.6 Å². The van der Waals surface area contributed by atoms with Crippen molar-refractivity contribution in [3.63, 3.8) is 0 Å². The summed E-state index contributed by atoms with van der Waals surface area (Å²) in [5.74, 6) is -10.5. The normalized spacial score (nSPS) is 10.7. The summed E-state index contributed by atoms with van der Waals surface area (Å²) in [6.45, 7) is 9.28. The van der Waals surface area contributed by atoms with E-state index >= 15 is 0 Å². The van der Waals surface area contributed by atoms with Crippen molar-refractivity contribution in [2.75, 3.05) is 26.2 Å². The van der Waals surface area contributed by atoms with Crippen molar-refractivity contribution in [2.24, 2.45) is 0 Å². The van der Waals surface area contributed by atoms with Gasteiger partial charge in [-0.2, -0.15) is 17.6 Å². The molecule has 0 aromatic heterocycles. The molecule has 0 radical (unpaired) electrons. The predicted octanol–water partition coefficient (Wildman–Crippen LogP) is 6.79. The molecule has 0 saturated carbocycles. The van der Waals surface area contributed by atoms with Crippen LogP contribution in [0.5, 0.6) is 23.0 Å². The highest BCUT2D eigenvalue weighted by atomic mass is 19.2. The summed E-state index contributed by atoms with van der Waals surface area (Å²) >= 11 is 0. The minimum Gasteiger partial charge on any atom is -0.451 e. The first-order valence-electron chi connectivity index (χ1n) is 12.2. The summed E-state index contributed by atoms with van der Waals surface area (Å²) in [5, 5.41) is 0. The molecule has 0 bridgehead atoms. The van der Waals surface area contributed by atoms with Gasteiger partial charge in [0.1, 0.15) is 11.5 Å². The van der Waals surface area contributed by atoms with Crippen LogP contribution in [0.15, 0.2) is 48.5 Å². The summed E-state index contributed by atoms with van der Waals surface area (Å²) in [6, 6.07) is 10.6. The number of benzene rings is 3. The number of ether oxygens (including phenoxy) is 2. The van der Waals surface area contributed by atoms with Gasteiger partial charge in [0.05, 0.1) is 0 Å². The maximum atomic E-state index is 14.7. The van der Waals surface area contributed by atoms with Crippen molar-refractivity contribution in [2.45, 2.75) is 27.7 Å². The number of amides is 2. The molecule has 0 spiro atoms. The van der Waals surface area contributed by atoms with E-state index in [1.165, 1.54) is 48.5 Å². The van der Waals surface area contributed by atoms with Gasteiger partial charge in [0, 0.05) is 37.3 Å². The molecule has 3 aromatic rings. The number of carbonyl (C=O) groups excluding carboxylic acids is 2. The zero-order valence-electron chi connectivity index (χ0n) is 21.5. The summed E-state index contributed by atoms with van der Waals surface area (Å²) < 4.78 is 69.1. The molecule has 0 unspecified atom stereocenters. The summed E-state index contributed by atoms with van der Waals surface area (Å²) in [5.41, 5.74) is 0.626. The first kappa shape index (κ1) is 28.5. The van der Waals surface area contributed by atoms with E-state index in [-0.39, 0.29) is 23.3 Å². The molecule has 0 N–H and O–H groups in total. The Kier molecular flexibility index (Phi) is 9.33. The Hall–Kier alpha value is -4.08. The van der Waals surface area contributed by atoms with Crippen molar-refractivity contribution in [1.29, 1.82) is 0 Å². The van der Waals surface area contributed by atoms with Crippen LogP contribution >= 0.6 is 0 Å². The average Bonchev–Trinajstić information content (AvgIpc) is 2.94. The van der Waals surface area contributed by atoms with E-state index < -0.39 is 34.8 Å². The van der Waals surface area contributed by atoms with Gasteiger partial charge in [-0.15, -0.1) is 0 Å². The average molecular weight is 533 g/mol. The van der Waals surface area contributed by atoms with Gasteiger partial charge in [-0.05, 0) is 76.2 Å². The first-order chi connectivity index (χ1) is 18.2. The zero-order valence-corrected chi connectivity index (χ0v) is 21.5. The van der Waals surface area contributed by atoms with Gasteiger partial charge in [-0.3, -0.25) is 9.59 Å². The van der Waals surface area contributed by atoms with Crippen LogP contribution in [-0.2, 0) is 0 Å². The predicted molar refractivity (Wildman–Crippen MR) is 134 cm³/mol. The van der Waals surface area contributed by atoms with Gasteiger partial charge in [-0.25, -0.2) is 0 Å². The lowest BCUT2D eigenvalue weighted by Crippen LogP contribution is -2.30. The fraction of sp³-hybridized carbons (Fsp3) is 0.286. The molecule has 0 fully saturated rings. The minimum absolute atomic E-state index is 0.139. The molecule has 0 atom stereocenters. The highest BCUT2D eigenvalue weighted by Gasteiger charge is 2.29. The van der Waals surface area contributed by atoms with E-state index in [2.05, 4.69) is 0 Å². The van der Waals surface area contributed by atoms with Gasteiger partial charge in [0.2, 0.25) is 34.8 Å². The van der Waals surface area contributed by atoms with E-state index in [0.29, 0.717) is 37.3 Å². The molecule has 0 aliphatic carbocycles. The molecule has 202 valence electrons. The molecule has 6 nitrogen and oxygen atoms in total. The largest absolute Gasteiger partial charge is 0.451 e. The number of hydrogen-bond donors (Lipinski definition) is 0. The standard InChI is InChI=1S/C28H28F4N2O4/c1-5-33(6-2)27(35)17-9-13-19(14-10-17)37-25-21(29)23(31)26(24(32)22(25)30)38-20-15-11-18(12-16-20)28(36)34(7-3)8-4/h9-16H,5-8H2,1-4H3. The molecule has 0 aliphatic heterocycles. The second kappa shape index (κ2) is 12.4. The second-order valence-electron chi connectivity index (χ2n) is 8.12. The maximum Gasteiger partial charge on any atom is 0.253 e. The number of hydrogen-bond acceptors (Lipinski definition) is 4. The molecule has 0 heterocycles. The van der Waals surface area contributed by atoms with E-state index in [4.69, 9.17) is 9.47 Å². The van der Waals surface area contributed by atoms with E-state index in [9.17, 15) is 27.2 Å². The van der Waals surface area contributed by atoms with Crippen LogP contribution in [0.2, 0.25) is 0 Å². The number of carbonyl (C=O) groups is 2. The summed E-state index contributed by atoms with van der Waals surface area (Å²) in [6.07, 6.45) is 0. The van der Waals surface area contributed by atoms with Crippen molar-refractivity contribution in [3.05, 3.63) is 82.9 Å². The highest BCUT2D eigenvalue weighted by molar-refractivity contribution is 5.94. The topological polar surface area (TPSA) is 59.1 Å². The molecule has 0 aliphatic rings. The maximum absolute atomic E-state index is 14.7. The third-order valence-corrected chi connectivity index (χ3v) is 5.93. The Morgan fingerprint density at radius 3 is 1.05 bits per heavy atom. The van der Waals surface area contributed by atoms with Crippen LogP contribution in [0.25, 0.3) is 0 Å². The van der Waals surface area contributed by atoms with E-state index in [1.54, 1.807) is 9.80 Å². The molecular formula is C28H28F4N2O4. The molecule has 38 heavy (non-hydrogen) atoms. The first-order valence-corrected chi connectivity index (χ1v) is 12.2. The molecule has 0 saturated heterocycles. The molecule has 10 heteroatoms. The van der Waals surface area contributed by atoms with Gasteiger partial charge >= 0.3 is 0 Å². The zero-order chi connectivity index (χ0) is 28.0. The molecule has 3 aromatic carbocycles. The number of rotatable bonds is 10. The van der Waals surface area contributed by atoms with Crippen LogP contribution in [0.1, 0.15) is 48.4 Å².